The number of carbonyl (C=O) groups is 2. The monoisotopic (exact) mass is 388 g/mol. The molecule has 26 heavy (non-hydrogen) atoms. The number of carboxylic acid groups (broad SMARTS) is 1. The highest BCUT2D eigenvalue weighted by atomic mass is 32.1. The van der Waals surface area contributed by atoms with Gasteiger partial charge in [-0.3, -0.25) is 4.79 Å². The molecule has 1 saturated heterocycles. The molecule has 2 unspecified atom stereocenters. The van der Waals surface area contributed by atoms with Gasteiger partial charge in [0.1, 0.15) is 16.6 Å². The molecular formula is C16H15F3N2O4S. The van der Waals surface area contributed by atoms with E-state index >= 15 is 0 Å². The summed E-state index contributed by atoms with van der Waals surface area (Å²) in [5, 5.41) is 9.79. The summed E-state index contributed by atoms with van der Waals surface area (Å²) in [5.41, 5.74) is -0.546. The van der Waals surface area contributed by atoms with Crippen LogP contribution in [0, 0.1) is 6.92 Å². The Morgan fingerprint density at radius 3 is 2.65 bits per heavy atom. The molecule has 10 heteroatoms. The summed E-state index contributed by atoms with van der Waals surface area (Å²) in [6, 6.07) is 1.12. The van der Waals surface area contributed by atoms with E-state index in [2.05, 4.69) is 4.98 Å². The normalized spacial score (nSPS) is 20.7. The van der Waals surface area contributed by atoms with Gasteiger partial charge in [0.15, 0.2) is 0 Å². The summed E-state index contributed by atoms with van der Waals surface area (Å²) >= 11 is 0.836. The second-order valence-corrected chi connectivity index (χ2v) is 7.01. The first kappa shape index (κ1) is 18.6. The lowest BCUT2D eigenvalue weighted by Crippen LogP contribution is -2.40. The van der Waals surface area contributed by atoms with Gasteiger partial charge in [0.05, 0.1) is 11.0 Å². The van der Waals surface area contributed by atoms with Crippen LogP contribution in [0.1, 0.15) is 27.3 Å². The fourth-order valence-electron chi connectivity index (χ4n) is 3.02. The van der Waals surface area contributed by atoms with Gasteiger partial charge in [-0.15, -0.1) is 11.3 Å². The Morgan fingerprint density at radius 2 is 2.08 bits per heavy atom. The molecule has 2 atom stereocenters. The maximum atomic E-state index is 12.9. The van der Waals surface area contributed by atoms with Gasteiger partial charge in [-0.25, -0.2) is 9.78 Å². The van der Waals surface area contributed by atoms with Crippen LogP contribution >= 0.6 is 11.3 Å². The van der Waals surface area contributed by atoms with Gasteiger partial charge in [-0.05, 0) is 24.6 Å². The van der Waals surface area contributed by atoms with Gasteiger partial charge in [0, 0.05) is 25.5 Å². The second-order valence-electron chi connectivity index (χ2n) is 6.01. The van der Waals surface area contributed by atoms with Gasteiger partial charge >= 0.3 is 12.1 Å². The van der Waals surface area contributed by atoms with Crippen molar-refractivity contribution >= 4 is 33.4 Å². The number of nitrogens with zero attached hydrogens (tertiary/aromatic N) is 2. The number of hydrogen-bond acceptors (Lipinski definition) is 5. The topological polar surface area (TPSA) is 79.7 Å². The molecule has 0 spiro atoms. The van der Waals surface area contributed by atoms with Crippen molar-refractivity contribution in [2.75, 3.05) is 13.7 Å². The summed E-state index contributed by atoms with van der Waals surface area (Å²) in [7, 11) is 1.44. The number of pyridine rings is 1. The molecule has 2 aromatic heterocycles. The van der Waals surface area contributed by atoms with E-state index in [1.54, 1.807) is 6.92 Å². The van der Waals surface area contributed by atoms with Crippen LogP contribution in [0.25, 0.3) is 10.2 Å². The zero-order valence-electron chi connectivity index (χ0n) is 13.8. The minimum atomic E-state index is -4.58. The van der Waals surface area contributed by atoms with E-state index in [1.165, 1.54) is 18.1 Å². The van der Waals surface area contributed by atoms with Crippen molar-refractivity contribution in [3.8, 4) is 0 Å². The molecule has 1 N–H and O–H groups in total. The average molecular weight is 388 g/mol. The molecule has 3 heterocycles. The molecule has 0 aromatic carbocycles. The number of hydrogen-bond donors (Lipinski definition) is 1. The maximum Gasteiger partial charge on any atom is 0.433 e. The second kappa shape index (κ2) is 6.51. The molecule has 140 valence electrons. The van der Waals surface area contributed by atoms with Crippen LogP contribution in [-0.2, 0) is 15.7 Å². The summed E-state index contributed by atoms with van der Waals surface area (Å²) in [5.74, 6) is -1.68. The predicted molar refractivity (Wildman–Crippen MR) is 87.2 cm³/mol. The number of aromatic nitrogens is 1. The minimum absolute atomic E-state index is 0.0926. The largest absolute Gasteiger partial charge is 0.480 e. The highest BCUT2D eigenvalue weighted by molar-refractivity contribution is 7.20. The van der Waals surface area contributed by atoms with Gasteiger partial charge in [0.2, 0.25) is 0 Å². The Hall–Kier alpha value is -2.20. The molecule has 1 aliphatic heterocycles. The summed E-state index contributed by atoms with van der Waals surface area (Å²) in [6.07, 6.45) is -4.81. The van der Waals surface area contributed by atoms with Crippen molar-refractivity contribution in [3.63, 3.8) is 0 Å². The lowest BCUT2D eigenvalue weighted by atomic mass is 10.1. The number of fused-ring (bicyclic) bond motifs is 1. The lowest BCUT2D eigenvalue weighted by Gasteiger charge is -2.20. The first-order valence-electron chi connectivity index (χ1n) is 7.67. The molecule has 1 aliphatic rings. The number of carbonyl (C=O) groups excluding carboxylic acids is 1. The Bertz CT molecular complexity index is 880. The number of aliphatic carboxylic acids is 1. The molecule has 6 nitrogen and oxygen atoms in total. The third kappa shape index (κ3) is 3.14. The lowest BCUT2D eigenvalue weighted by molar-refractivity contribution is -0.142. The van der Waals surface area contributed by atoms with Crippen LogP contribution < -0.4 is 0 Å². The molecule has 0 aliphatic carbocycles. The number of ether oxygens (including phenoxy) is 1. The van der Waals surface area contributed by atoms with Crippen molar-refractivity contribution in [1.82, 2.24) is 9.88 Å². The number of methoxy groups -OCH3 is 1. The number of alkyl halides is 3. The fraction of sp³-hybridized carbons (Fsp3) is 0.438. The van der Waals surface area contributed by atoms with Gasteiger partial charge in [0.25, 0.3) is 5.91 Å². The van der Waals surface area contributed by atoms with Crippen LogP contribution in [-0.4, -0.2) is 52.7 Å². The molecule has 1 amide bonds. The predicted octanol–water partition coefficient (Wildman–Crippen LogP) is 2.94. The van der Waals surface area contributed by atoms with E-state index in [-0.39, 0.29) is 22.7 Å². The third-order valence-electron chi connectivity index (χ3n) is 4.43. The molecule has 2 aromatic rings. The molecule has 0 saturated carbocycles. The number of amides is 1. The van der Waals surface area contributed by atoms with E-state index in [1.807, 2.05) is 0 Å². The van der Waals surface area contributed by atoms with Crippen molar-refractivity contribution in [3.05, 3.63) is 28.3 Å². The van der Waals surface area contributed by atoms with Crippen LogP contribution in [0.15, 0.2) is 12.1 Å². The van der Waals surface area contributed by atoms with E-state index in [0.29, 0.717) is 10.9 Å². The Labute approximate surface area is 150 Å². The van der Waals surface area contributed by atoms with E-state index < -0.39 is 35.9 Å². The van der Waals surface area contributed by atoms with Crippen molar-refractivity contribution < 1.29 is 32.6 Å². The molecule has 0 bridgehead atoms. The van der Waals surface area contributed by atoms with Gasteiger partial charge in [-0.2, -0.15) is 13.2 Å². The number of aryl methyl sites for hydroxylation is 1. The Kier molecular flexibility index (Phi) is 4.65. The Morgan fingerprint density at radius 1 is 1.38 bits per heavy atom. The van der Waals surface area contributed by atoms with E-state index in [0.717, 1.165) is 17.4 Å². The molecular weight excluding hydrogens is 373 g/mol. The minimum Gasteiger partial charge on any atom is -0.480 e. The first-order valence-corrected chi connectivity index (χ1v) is 8.49. The zero-order chi connectivity index (χ0) is 19.2. The van der Waals surface area contributed by atoms with Crippen molar-refractivity contribution in [2.45, 2.75) is 31.7 Å². The SMILES string of the molecule is COC1CC(C(=O)O)N(C(=O)c2sc3nc(C(F)(F)F)ccc3c2C)C1. The number of halogens is 3. The van der Waals surface area contributed by atoms with Gasteiger partial charge in [-0.1, -0.05) is 0 Å². The van der Waals surface area contributed by atoms with Crippen LogP contribution in [0.2, 0.25) is 0 Å². The van der Waals surface area contributed by atoms with E-state index in [4.69, 9.17) is 4.74 Å². The summed E-state index contributed by atoms with van der Waals surface area (Å²) in [4.78, 5) is 29.4. The molecule has 0 radical (unpaired) electrons. The van der Waals surface area contributed by atoms with Gasteiger partial charge < -0.3 is 14.7 Å². The Balaban J connectivity index is 2.00. The summed E-state index contributed by atoms with van der Waals surface area (Å²) in [6.45, 7) is 1.72. The summed E-state index contributed by atoms with van der Waals surface area (Å²) < 4.78 is 43.7. The maximum absolute atomic E-state index is 12.9. The van der Waals surface area contributed by atoms with Crippen molar-refractivity contribution in [2.24, 2.45) is 0 Å². The first-order chi connectivity index (χ1) is 12.1. The third-order valence-corrected chi connectivity index (χ3v) is 5.62. The quantitative estimate of drug-likeness (QED) is 0.875. The van der Waals surface area contributed by atoms with Crippen LogP contribution in [0.3, 0.4) is 0 Å². The number of likely N-dealkylation sites (tertiary alicyclic amines) is 1. The van der Waals surface area contributed by atoms with Crippen LogP contribution in [0.5, 0.6) is 0 Å². The van der Waals surface area contributed by atoms with E-state index in [9.17, 15) is 27.9 Å². The number of carboxylic acids is 1. The standard InChI is InChI=1S/C16H15F3N2O4S/c1-7-9-3-4-11(16(17,18)19)20-13(9)26-12(7)14(22)21-6-8(25-2)5-10(21)15(23)24/h3-4,8,10H,5-6H2,1-2H3,(H,23,24). The molecule has 3 rings (SSSR count). The smallest absolute Gasteiger partial charge is 0.433 e. The fourth-order valence-corrected chi connectivity index (χ4v) is 4.15. The average Bonchev–Trinajstić information content (AvgIpc) is 3.15. The van der Waals surface area contributed by atoms with Crippen LogP contribution in [0.4, 0.5) is 13.2 Å². The highest BCUT2D eigenvalue weighted by Gasteiger charge is 2.41. The number of rotatable bonds is 3. The molecule has 1 fully saturated rings. The van der Waals surface area contributed by atoms with Crippen molar-refractivity contribution in [1.29, 1.82) is 0 Å². The zero-order valence-corrected chi connectivity index (χ0v) is 14.6. The highest BCUT2D eigenvalue weighted by Crippen LogP contribution is 2.35. The number of thiophene rings is 1.